The molecule has 0 saturated heterocycles. The number of amides is 2. The standard InChI is InChI=1S/C5H10N2O3S/c1-6-5(8)7-11(9,10)4-2-3-4/h4H,2-3H2,1H3,(H2,6,7,8). The first kappa shape index (κ1) is 8.32. The molecule has 2 N–H and O–H groups in total. The molecule has 64 valence electrons. The van der Waals surface area contributed by atoms with E-state index >= 15 is 0 Å². The summed E-state index contributed by atoms with van der Waals surface area (Å²) in [5.41, 5.74) is 0. The molecule has 0 unspecified atom stereocenters. The third-order valence-electron chi connectivity index (χ3n) is 1.43. The van der Waals surface area contributed by atoms with Crippen molar-refractivity contribution in [1.29, 1.82) is 0 Å². The second-order valence-electron chi connectivity index (χ2n) is 2.43. The number of carbonyl (C=O) groups excluding carboxylic acids is 1. The number of carbonyl (C=O) groups is 1. The number of hydrogen-bond acceptors (Lipinski definition) is 3. The maximum absolute atomic E-state index is 11.0. The normalized spacial score (nSPS) is 17.5. The summed E-state index contributed by atoms with van der Waals surface area (Å²) < 4.78 is 23.9. The summed E-state index contributed by atoms with van der Waals surface area (Å²) in [5.74, 6) is 0. The van der Waals surface area contributed by atoms with Crippen LogP contribution in [0.4, 0.5) is 4.79 Å². The van der Waals surface area contributed by atoms with Crippen molar-refractivity contribution in [3.05, 3.63) is 0 Å². The molecule has 1 aliphatic rings. The molecule has 0 heterocycles. The number of hydrogen-bond donors (Lipinski definition) is 2. The zero-order valence-corrected chi connectivity index (χ0v) is 6.94. The number of nitrogens with one attached hydrogen (secondary N) is 2. The Morgan fingerprint density at radius 3 is 2.36 bits per heavy atom. The van der Waals surface area contributed by atoms with Crippen molar-refractivity contribution >= 4 is 16.1 Å². The molecule has 1 aliphatic carbocycles. The smallest absolute Gasteiger partial charge is 0.328 e. The molecule has 6 heteroatoms. The third kappa shape index (κ3) is 2.07. The van der Waals surface area contributed by atoms with Gasteiger partial charge in [0.05, 0.1) is 5.25 Å². The second-order valence-corrected chi connectivity index (χ2v) is 4.39. The van der Waals surface area contributed by atoms with Crippen molar-refractivity contribution in [3.8, 4) is 0 Å². The fraction of sp³-hybridized carbons (Fsp3) is 0.800. The van der Waals surface area contributed by atoms with E-state index in [9.17, 15) is 13.2 Å². The average molecular weight is 178 g/mol. The van der Waals surface area contributed by atoms with Crippen LogP contribution in [-0.4, -0.2) is 26.7 Å². The van der Waals surface area contributed by atoms with Crippen molar-refractivity contribution in [2.45, 2.75) is 18.1 Å². The molecule has 2 amide bonds. The van der Waals surface area contributed by atoms with Crippen LogP contribution >= 0.6 is 0 Å². The Balaban J connectivity index is 2.53. The van der Waals surface area contributed by atoms with Crippen LogP contribution in [0.25, 0.3) is 0 Å². The topological polar surface area (TPSA) is 75.3 Å². The van der Waals surface area contributed by atoms with Gasteiger partial charge in [-0.3, -0.25) is 0 Å². The molecular weight excluding hydrogens is 168 g/mol. The van der Waals surface area contributed by atoms with Gasteiger partial charge in [-0.2, -0.15) is 0 Å². The van der Waals surface area contributed by atoms with Gasteiger partial charge >= 0.3 is 6.03 Å². The van der Waals surface area contributed by atoms with Gasteiger partial charge in [0, 0.05) is 7.05 Å². The monoisotopic (exact) mass is 178 g/mol. The predicted molar refractivity (Wildman–Crippen MR) is 39.5 cm³/mol. The Morgan fingerprint density at radius 2 is 2.00 bits per heavy atom. The maximum Gasteiger partial charge on any atom is 0.328 e. The molecule has 1 saturated carbocycles. The summed E-state index contributed by atoms with van der Waals surface area (Å²) in [4.78, 5) is 10.6. The van der Waals surface area contributed by atoms with Gasteiger partial charge in [-0.05, 0) is 12.8 Å². The highest BCUT2D eigenvalue weighted by molar-refractivity contribution is 7.90. The van der Waals surface area contributed by atoms with Crippen molar-refractivity contribution in [2.75, 3.05) is 7.05 Å². The molecule has 0 aliphatic heterocycles. The Hall–Kier alpha value is -0.780. The fourth-order valence-electron chi connectivity index (χ4n) is 0.642. The van der Waals surface area contributed by atoms with Crippen molar-refractivity contribution in [2.24, 2.45) is 0 Å². The molecule has 0 radical (unpaired) electrons. The highest BCUT2D eigenvalue weighted by Gasteiger charge is 2.36. The lowest BCUT2D eigenvalue weighted by molar-refractivity contribution is 0.247. The van der Waals surface area contributed by atoms with Crippen LogP contribution in [0.5, 0.6) is 0 Å². The minimum atomic E-state index is -3.36. The number of rotatable bonds is 2. The van der Waals surface area contributed by atoms with Crippen LogP contribution in [0, 0.1) is 0 Å². The average Bonchev–Trinajstić information content (AvgIpc) is 2.66. The summed E-state index contributed by atoms with van der Waals surface area (Å²) >= 11 is 0. The Labute approximate surface area is 65.2 Å². The van der Waals surface area contributed by atoms with Gasteiger partial charge in [-0.25, -0.2) is 17.9 Å². The Kier molecular flexibility index (Phi) is 2.03. The van der Waals surface area contributed by atoms with Crippen molar-refractivity contribution in [1.82, 2.24) is 10.0 Å². The van der Waals surface area contributed by atoms with E-state index in [0.29, 0.717) is 12.8 Å². The van der Waals surface area contributed by atoms with Crippen LogP contribution < -0.4 is 10.0 Å². The highest BCUT2D eigenvalue weighted by atomic mass is 32.2. The van der Waals surface area contributed by atoms with E-state index in [0.717, 1.165) is 0 Å². The van der Waals surface area contributed by atoms with E-state index in [1.807, 2.05) is 4.72 Å². The zero-order valence-electron chi connectivity index (χ0n) is 6.12. The van der Waals surface area contributed by atoms with Gasteiger partial charge in [0.2, 0.25) is 10.0 Å². The van der Waals surface area contributed by atoms with Gasteiger partial charge in [0.25, 0.3) is 0 Å². The quantitative estimate of drug-likeness (QED) is 0.593. The third-order valence-corrected chi connectivity index (χ3v) is 3.24. The molecule has 0 bridgehead atoms. The van der Waals surface area contributed by atoms with Gasteiger partial charge < -0.3 is 5.32 Å². The largest absolute Gasteiger partial charge is 0.340 e. The first-order valence-corrected chi connectivity index (χ1v) is 4.84. The number of urea groups is 1. The van der Waals surface area contributed by atoms with E-state index < -0.39 is 16.1 Å². The van der Waals surface area contributed by atoms with Crippen LogP contribution in [0.3, 0.4) is 0 Å². The maximum atomic E-state index is 11.0. The van der Waals surface area contributed by atoms with Gasteiger partial charge in [0.15, 0.2) is 0 Å². The van der Waals surface area contributed by atoms with E-state index in [1.165, 1.54) is 7.05 Å². The summed E-state index contributed by atoms with van der Waals surface area (Å²) in [5, 5.41) is 1.83. The summed E-state index contributed by atoms with van der Waals surface area (Å²) in [7, 11) is -1.99. The lowest BCUT2D eigenvalue weighted by Gasteiger charge is -2.02. The lowest BCUT2D eigenvalue weighted by atomic mass is 11.0. The molecular formula is C5H10N2O3S. The van der Waals surface area contributed by atoms with Crippen LogP contribution in [-0.2, 0) is 10.0 Å². The molecule has 5 nitrogen and oxygen atoms in total. The molecule has 0 aromatic rings. The van der Waals surface area contributed by atoms with E-state index in [4.69, 9.17) is 0 Å². The Morgan fingerprint density at radius 1 is 1.45 bits per heavy atom. The van der Waals surface area contributed by atoms with E-state index in [2.05, 4.69) is 5.32 Å². The van der Waals surface area contributed by atoms with Crippen molar-refractivity contribution < 1.29 is 13.2 Å². The number of sulfonamides is 1. The first-order chi connectivity index (χ1) is 5.06. The molecule has 1 fully saturated rings. The molecule has 0 atom stereocenters. The Bertz CT molecular complexity index is 255. The minimum Gasteiger partial charge on any atom is -0.340 e. The van der Waals surface area contributed by atoms with Crippen LogP contribution in [0.2, 0.25) is 0 Å². The second kappa shape index (κ2) is 2.69. The van der Waals surface area contributed by atoms with Crippen LogP contribution in [0.15, 0.2) is 0 Å². The molecule has 0 aromatic heterocycles. The minimum absolute atomic E-state index is 0.347. The van der Waals surface area contributed by atoms with E-state index in [1.54, 1.807) is 0 Å². The highest BCUT2D eigenvalue weighted by Crippen LogP contribution is 2.27. The summed E-state index contributed by atoms with van der Waals surface area (Å²) in [6, 6.07) is -0.670. The van der Waals surface area contributed by atoms with E-state index in [-0.39, 0.29) is 5.25 Å². The molecule has 1 rings (SSSR count). The molecule has 0 spiro atoms. The van der Waals surface area contributed by atoms with Gasteiger partial charge in [-0.1, -0.05) is 0 Å². The molecule has 11 heavy (non-hydrogen) atoms. The SMILES string of the molecule is CNC(=O)NS(=O)(=O)C1CC1. The van der Waals surface area contributed by atoms with Crippen LogP contribution in [0.1, 0.15) is 12.8 Å². The first-order valence-electron chi connectivity index (χ1n) is 3.29. The summed E-state index contributed by atoms with van der Waals surface area (Å²) in [6.45, 7) is 0. The fourth-order valence-corrected chi connectivity index (χ4v) is 1.93. The van der Waals surface area contributed by atoms with Gasteiger partial charge in [-0.15, -0.1) is 0 Å². The lowest BCUT2D eigenvalue weighted by Crippen LogP contribution is -2.39. The predicted octanol–water partition coefficient (Wildman–Crippen LogP) is -0.592. The van der Waals surface area contributed by atoms with Crippen molar-refractivity contribution in [3.63, 3.8) is 0 Å². The summed E-state index contributed by atoms with van der Waals surface area (Å²) in [6.07, 6.45) is 1.32. The zero-order chi connectivity index (χ0) is 8.48. The van der Waals surface area contributed by atoms with Gasteiger partial charge in [0.1, 0.15) is 0 Å². The molecule has 0 aromatic carbocycles.